The van der Waals surface area contributed by atoms with Crippen LogP contribution in [-0.2, 0) is 0 Å². The second-order valence-electron chi connectivity index (χ2n) is 3.55. The summed E-state index contributed by atoms with van der Waals surface area (Å²) >= 11 is 0. The maximum absolute atomic E-state index is 11.8. The highest BCUT2D eigenvalue weighted by Gasteiger charge is 2.13. The highest BCUT2D eigenvalue weighted by molar-refractivity contribution is 6.02. The van der Waals surface area contributed by atoms with Crippen LogP contribution in [0.2, 0.25) is 0 Å². The molecule has 0 aliphatic rings. The lowest BCUT2D eigenvalue weighted by Gasteiger charge is -2.10. The van der Waals surface area contributed by atoms with Crippen LogP contribution < -0.4 is 20.5 Å². The normalized spacial score (nSPS) is 10.0. The van der Waals surface area contributed by atoms with Crippen molar-refractivity contribution in [2.24, 2.45) is 0 Å². The van der Waals surface area contributed by atoms with Gasteiger partial charge in [0.25, 0.3) is 5.91 Å². The fourth-order valence-corrected chi connectivity index (χ4v) is 1.46. The number of carbonyl (C=O) groups excluding carboxylic acids is 1. The summed E-state index contributed by atoms with van der Waals surface area (Å²) in [7, 11) is 3.00. The Kier molecular flexibility index (Phi) is 3.51. The van der Waals surface area contributed by atoms with Gasteiger partial charge >= 0.3 is 5.69 Å². The first-order chi connectivity index (χ1) is 9.13. The number of rotatable bonds is 4. The minimum atomic E-state index is -0.554. The fraction of sp³-hybridized carbons (Fsp3) is 0.182. The molecule has 0 saturated heterocycles. The van der Waals surface area contributed by atoms with E-state index in [0.29, 0.717) is 17.2 Å². The molecular weight excluding hydrogens is 252 g/mol. The average molecular weight is 264 g/mol. The number of ether oxygens (including phenoxy) is 2. The molecule has 8 heteroatoms. The van der Waals surface area contributed by atoms with Crippen LogP contribution in [-0.4, -0.2) is 35.3 Å². The van der Waals surface area contributed by atoms with Gasteiger partial charge in [0.2, 0.25) is 5.82 Å². The van der Waals surface area contributed by atoms with Crippen molar-refractivity contribution < 1.29 is 14.3 Å². The first kappa shape index (κ1) is 12.7. The Morgan fingerprint density at radius 2 is 2.11 bits per heavy atom. The van der Waals surface area contributed by atoms with Crippen LogP contribution in [0.15, 0.2) is 23.0 Å². The zero-order valence-electron chi connectivity index (χ0n) is 10.3. The molecule has 2 aromatic rings. The molecule has 0 aliphatic carbocycles. The molecule has 19 heavy (non-hydrogen) atoms. The van der Waals surface area contributed by atoms with Gasteiger partial charge in [0.15, 0.2) is 0 Å². The lowest BCUT2D eigenvalue weighted by molar-refractivity contribution is 0.101. The molecule has 0 aliphatic heterocycles. The van der Waals surface area contributed by atoms with Crippen molar-refractivity contribution in [2.75, 3.05) is 19.5 Å². The standard InChI is InChI=1S/C11H12N4O4/c1-18-6-3-4-7(8(5-6)19-2)12-10(16)9-13-11(17)15-14-9/h3-5H,1-2H3,(H,12,16)(H2,13,14,15,17). The van der Waals surface area contributed by atoms with Crippen molar-refractivity contribution in [3.05, 3.63) is 34.5 Å². The maximum Gasteiger partial charge on any atom is 0.341 e. The Hall–Kier alpha value is -2.77. The molecule has 1 amide bonds. The van der Waals surface area contributed by atoms with E-state index in [4.69, 9.17) is 9.47 Å². The van der Waals surface area contributed by atoms with E-state index in [1.165, 1.54) is 14.2 Å². The van der Waals surface area contributed by atoms with Gasteiger partial charge in [-0.05, 0) is 12.1 Å². The van der Waals surface area contributed by atoms with Crippen LogP contribution in [0.1, 0.15) is 10.6 Å². The maximum atomic E-state index is 11.8. The second kappa shape index (κ2) is 5.25. The quantitative estimate of drug-likeness (QED) is 0.739. The van der Waals surface area contributed by atoms with Gasteiger partial charge in [-0.15, -0.1) is 5.10 Å². The molecule has 8 nitrogen and oxygen atoms in total. The second-order valence-corrected chi connectivity index (χ2v) is 3.55. The number of amides is 1. The number of anilines is 1. The first-order valence-corrected chi connectivity index (χ1v) is 5.32. The van der Waals surface area contributed by atoms with E-state index >= 15 is 0 Å². The summed E-state index contributed by atoms with van der Waals surface area (Å²) < 4.78 is 10.2. The molecule has 3 N–H and O–H groups in total. The predicted octanol–water partition coefficient (Wildman–Crippen LogP) is 0.367. The lowest BCUT2D eigenvalue weighted by atomic mass is 10.2. The number of hydrogen-bond acceptors (Lipinski definition) is 5. The van der Waals surface area contributed by atoms with Gasteiger partial charge in [-0.2, -0.15) is 0 Å². The molecule has 0 radical (unpaired) electrons. The Morgan fingerprint density at radius 1 is 1.32 bits per heavy atom. The van der Waals surface area contributed by atoms with Gasteiger partial charge in [-0.3, -0.25) is 9.78 Å². The summed E-state index contributed by atoms with van der Waals surface area (Å²) in [6.07, 6.45) is 0. The number of carbonyl (C=O) groups is 1. The van der Waals surface area contributed by atoms with Gasteiger partial charge in [0, 0.05) is 6.07 Å². The van der Waals surface area contributed by atoms with E-state index < -0.39 is 11.6 Å². The third-order valence-corrected chi connectivity index (χ3v) is 2.37. The van der Waals surface area contributed by atoms with Crippen LogP contribution in [0.25, 0.3) is 0 Å². The van der Waals surface area contributed by atoms with Crippen LogP contribution in [0.3, 0.4) is 0 Å². The van der Waals surface area contributed by atoms with Crippen molar-refractivity contribution in [2.45, 2.75) is 0 Å². The number of aromatic nitrogens is 3. The summed E-state index contributed by atoms with van der Waals surface area (Å²) in [4.78, 5) is 24.9. The smallest absolute Gasteiger partial charge is 0.341 e. The van der Waals surface area contributed by atoms with Gasteiger partial charge in [-0.1, -0.05) is 0 Å². The predicted molar refractivity (Wildman–Crippen MR) is 66.7 cm³/mol. The van der Waals surface area contributed by atoms with Crippen LogP contribution in [0.5, 0.6) is 11.5 Å². The van der Waals surface area contributed by atoms with Gasteiger partial charge in [0.05, 0.1) is 19.9 Å². The molecule has 0 bridgehead atoms. The highest BCUT2D eigenvalue weighted by Crippen LogP contribution is 2.29. The number of benzene rings is 1. The minimum Gasteiger partial charge on any atom is -0.497 e. The Bertz CT molecular complexity index is 646. The molecule has 1 aromatic heterocycles. The number of nitrogens with zero attached hydrogens (tertiary/aromatic N) is 1. The van der Waals surface area contributed by atoms with E-state index in [0.717, 1.165) is 0 Å². The molecule has 0 fully saturated rings. The van der Waals surface area contributed by atoms with E-state index in [1.807, 2.05) is 0 Å². The average Bonchev–Trinajstić information content (AvgIpc) is 2.86. The lowest BCUT2D eigenvalue weighted by Crippen LogP contribution is -2.15. The van der Waals surface area contributed by atoms with Crippen LogP contribution >= 0.6 is 0 Å². The van der Waals surface area contributed by atoms with E-state index in [-0.39, 0.29) is 5.82 Å². The third kappa shape index (κ3) is 2.73. The molecule has 0 unspecified atom stereocenters. The molecule has 1 heterocycles. The number of methoxy groups -OCH3 is 2. The number of aromatic amines is 2. The topological polar surface area (TPSA) is 109 Å². The summed E-state index contributed by atoms with van der Waals surface area (Å²) in [6.45, 7) is 0. The number of hydrogen-bond donors (Lipinski definition) is 3. The van der Waals surface area contributed by atoms with Crippen molar-refractivity contribution >= 4 is 11.6 Å². The molecule has 1 aromatic carbocycles. The van der Waals surface area contributed by atoms with Gasteiger partial charge in [0.1, 0.15) is 11.5 Å². The minimum absolute atomic E-state index is 0.108. The summed E-state index contributed by atoms with van der Waals surface area (Å²) in [5, 5.41) is 8.21. The molecule has 0 atom stereocenters. The number of H-pyrrole nitrogens is 2. The fourth-order valence-electron chi connectivity index (χ4n) is 1.46. The molecular formula is C11H12N4O4. The molecule has 0 saturated carbocycles. The first-order valence-electron chi connectivity index (χ1n) is 5.32. The largest absolute Gasteiger partial charge is 0.497 e. The van der Waals surface area contributed by atoms with Crippen LogP contribution in [0, 0.1) is 0 Å². The Morgan fingerprint density at radius 3 is 2.68 bits per heavy atom. The van der Waals surface area contributed by atoms with Crippen molar-refractivity contribution in [1.82, 2.24) is 15.2 Å². The molecule has 100 valence electrons. The van der Waals surface area contributed by atoms with Gasteiger partial charge < -0.3 is 14.8 Å². The number of nitrogens with one attached hydrogen (secondary N) is 3. The van der Waals surface area contributed by atoms with Crippen molar-refractivity contribution in [1.29, 1.82) is 0 Å². The summed E-state index contributed by atoms with van der Waals surface area (Å²) in [5.74, 6) is 0.373. The van der Waals surface area contributed by atoms with Crippen LogP contribution in [0.4, 0.5) is 5.69 Å². The molecule has 0 spiro atoms. The van der Waals surface area contributed by atoms with Crippen molar-refractivity contribution in [3.63, 3.8) is 0 Å². The zero-order valence-corrected chi connectivity index (χ0v) is 10.3. The Labute approximate surface area is 107 Å². The zero-order chi connectivity index (χ0) is 13.8. The Balaban J connectivity index is 2.23. The van der Waals surface area contributed by atoms with Gasteiger partial charge in [-0.25, -0.2) is 9.89 Å². The summed E-state index contributed by atoms with van der Waals surface area (Å²) in [5.41, 5.74) is -0.107. The summed E-state index contributed by atoms with van der Waals surface area (Å²) in [6, 6.07) is 4.93. The van der Waals surface area contributed by atoms with Crippen molar-refractivity contribution in [3.8, 4) is 11.5 Å². The SMILES string of the molecule is COc1ccc(NC(=O)c2n[nH]c(=O)[nH]2)c(OC)c1. The van der Waals surface area contributed by atoms with E-state index in [1.54, 1.807) is 18.2 Å². The third-order valence-electron chi connectivity index (χ3n) is 2.37. The van der Waals surface area contributed by atoms with E-state index in [9.17, 15) is 9.59 Å². The van der Waals surface area contributed by atoms with E-state index in [2.05, 4.69) is 20.5 Å². The molecule has 2 rings (SSSR count). The highest BCUT2D eigenvalue weighted by atomic mass is 16.5. The monoisotopic (exact) mass is 264 g/mol.